The zero-order valence-electron chi connectivity index (χ0n) is 12.4. The smallest absolute Gasteiger partial charge is 0.0832 e. The van der Waals surface area contributed by atoms with E-state index in [1.165, 1.54) is 27.4 Å². The molecule has 2 aromatic heterocycles. The van der Waals surface area contributed by atoms with Gasteiger partial charge in [-0.25, -0.2) is 0 Å². The van der Waals surface area contributed by atoms with Gasteiger partial charge in [-0.1, -0.05) is 36.5 Å². The molecule has 0 aliphatic rings. The summed E-state index contributed by atoms with van der Waals surface area (Å²) in [6.45, 7) is 4.31. The molecule has 0 radical (unpaired) electrons. The van der Waals surface area contributed by atoms with Gasteiger partial charge in [0.05, 0.1) is 16.6 Å². The number of rotatable bonds is 4. The number of hydrogen-bond donors (Lipinski definition) is 1. The van der Waals surface area contributed by atoms with Crippen molar-refractivity contribution in [2.75, 3.05) is 7.05 Å². The van der Waals surface area contributed by atoms with Crippen molar-refractivity contribution in [2.45, 2.75) is 25.8 Å². The SMILES string of the molecule is CNC(c1snnc1C(C)C)c1cccc2cnccc12. The van der Waals surface area contributed by atoms with Crippen LogP contribution >= 0.6 is 11.5 Å². The van der Waals surface area contributed by atoms with Gasteiger partial charge in [0.1, 0.15) is 0 Å². The molecule has 3 aromatic rings. The molecular weight excluding hydrogens is 280 g/mol. The number of nitrogens with zero attached hydrogens (tertiary/aromatic N) is 3. The van der Waals surface area contributed by atoms with Crippen LogP contribution in [0.3, 0.4) is 0 Å². The number of hydrogen-bond acceptors (Lipinski definition) is 5. The van der Waals surface area contributed by atoms with Gasteiger partial charge in [0.15, 0.2) is 0 Å². The van der Waals surface area contributed by atoms with E-state index in [4.69, 9.17) is 0 Å². The quantitative estimate of drug-likeness (QED) is 0.800. The van der Waals surface area contributed by atoms with Crippen molar-refractivity contribution in [1.29, 1.82) is 0 Å². The Morgan fingerprint density at radius 1 is 1.19 bits per heavy atom. The molecule has 0 saturated heterocycles. The summed E-state index contributed by atoms with van der Waals surface area (Å²) in [5.74, 6) is 0.367. The van der Waals surface area contributed by atoms with Crippen molar-refractivity contribution in [1.82, 2.24) is 19.9 Å². The highest BCUT2D eigenvalue weighted by Gasteiger charge is 2.22. The van der Waals surface area contributed by atoms with Gasteiger partial charge in [0.25, 0.3) is 0 Å². The summed E-state index contributed by atoms with van der Waals surface area (Å²) in [5.41, 5.74) is 2.32. The molecule has 1 aromatic carbocycles. The van der Waals surface area contributed by atoms with E-state index in [2.05, 4.69) is 58.0 Å². The van der Waals surface area contributed by atoms with Crippen LogP contribution in [0, 0.1) is 0 Å². The van der Waals surface area contributed by atoms with Gasteiger partial charge in [-0.05, 0) is 41.5 Å². The Labute approximate surface area is 128 Å². The third kappa shape index (κ3) is 2.54. The largest absolute Gasteiger partial charge is 0.309 e. The summed E-state index contributed by atoms with van der Waals surface area (Å²) >= 11 is 1.47. The predicted octanol–water partition coefficient (Wildman–Crippen LogP) is 3.52. The van der Waals surface area contributed by atoms with Gasteiger partial charge < -0.3 is 5.32 Å². The molecule has 4 nitrogen and oxygen atoms in total. The van der Waals surface area contributed by atoms with Gasteiger partial charge in [-0.15, -0.1) is 5.10 Å². The van der Waals surface area contributed by atoms with Crippen LogP contribution in [0.1, 0.15) is 41.9 Å². The van der Waals surface area contributed by atoms with E-state index in [1.54, 1.807) is 0 Å². The minimum atomic E-state index is 0.105. The number of fused-ring (bicyclic) bond motifs is 1. The Balaban J connectivity index is 2.17. The zero-order valence-corrected chi connectivity index (χ0v) is 13.2. The first kappa shape index (κ1) is 14.1. The van der Waals surface area contributed by atoms with Crippen molar-refractivity contribution in [3.63, 3.8) is 0 Å². The van der Waals surface area contributed by atoms with E-state index in [-0.39, 0.29) is 6.04 Å². The summed E-state index contributed by atoms with van der Waals surface area (Å²) in [6.07, 6.45) is 3.74. The fourth-order valence-corrected chi connectivity index (χ4v) is 3.57. The highest BCUT2D eigenvalue weighted by atomic mass is 32.1. The fourth-order valence-electron chi connectivity index (χ4n) is 2.63. The van der Waals surface area contributed by atoms with Crippen molar-refractivity contribution in [3.8, 4) is 0 Å². The van der Waals surface area contributed by atoms with Crippen LogP contribution in [0.25, 0.3) is 10.8 Å². The lowest BCUT2D eigenvalue weighted by atomic mass is 9.96. The van der Waals surface area contributed by atoms with Gasteiger partial charge >= 0.3 is 0 Å². The van der Waals surface area contributed by atoms with Gasteiger partial charge in [0, 0.05) is 17.8 Å². The minimum Gasteiger partial charge on any atom is -0.309 e. The molecule has 2 heterocycles. The van der Waals surface area contributed by atoms with E-state index >= 15 is 0 Å². The van der Waals surface area contributed by atoms with E-state index in [9.17, 15) is 0 Å². The predicted molar refractivity (Wildman–Crippen MR) is 86.6 cm³/mol. The molecule has 0 aliphatic carbocycles. The highest BCUT2D eigenvalue weighted by Crippen LogP contribution is 2.33. The normalized spacial score (nSPS) is 13.0. The Morgan fingerprint density at radius 3 is 2.81 bits per heavy atom. The van der Waals surface area contributed by atoms with Crippen LogP contribution in [0.2, 0.25) is 0 Å². The third-order valence-corrected chi connectivity index (χ3v) is 4.47. The van der Waals surface area contributed by atoms with Crippen LogP contribution in [0.15, 0.2) is 36.7 Å². The van der Waals surface area contributed by atoms with Crippen LogP contribution in [-0.4, -0.2) is 21.6 Å². The molecule has 0 spiro atoms. The van der Waals surface area contributed by atoms with Gasteiger partial charge in [-0.3, -0.25) is 4.98 Å². The standard InChI is InChI=1S/C16H18N4S/c1-10(2)14-16(21-20-19-14)15(17-3)13-6-4-5-11-9-18-8-7-12(11)13/h4-10,15,17H,1-3H3. The van der Waals surface area contributed by atoms with E-state index in [0.717, 1.165) is 11.1 Å². The molecule has 1 atom stereocenters. The first-order chi connectivity index (χ1) is 10.2. The molecule has 1 N–H and O–H groups in total. The Bertz CT molecular complexity index is 745. The molecule has 108 valence electrons. The third-order valence-electron chi connectivity index (χ3n) is 3.66. The number of nitrogens with one attached hydrogen (secondary N) is 1. The lowest BCUT2D eigenvalue weighted by Crippen LogP contribution is -2.18. The van der Waals surface area contributed by atoms with E-state index in [0.29, 0.717) is 5.92 Å². The summed E-state index contributed by atoms with van der Waals surface area (Å²) in [4.78, 5) is 5.40. The van der Waals surface area contributed by atoms with E-state index in [1.807, 2.05) is 19.4 Å². The number of aromatic nitrogens is 3. The second-order valence-electron chi connectivity index (χ2n) is 5.34. The van der Waals surface area contributed by atoms with Crippen LogP contribution < -0.4 is 5.32 Å². The molecular formula is C16H18N4S. The maximum Gasteiger partial charge on any atom is 0.0832 e. The van der Waals surface area contributed by atoms with E-state index < -0.39 is 0 Å². The van der Waals surface area contributed by atoms with Crippen molar-refractivity contribution < 1.29 is 0 Å². The lowest BCUT2D eigenvalue weighted by Gasteiger charge is -2.18. The van der Waals surface area contributed by atoms with Gasteiger partial charge in [-0.2, -0.15) is 0 Å². The maximum absolute atomic E-state index is 4.31. The highest BCUT2D eigenvalue weighted by molar-refractivity contribution is 7.05. The summed E-state index contributed by atoms with van der Waals surface area (Å²) in [5, 5.41) is 10.1. The summed E-state index contributed by atoms with van der Waals surface area (Å²) in [6, 6.07) is 8.50. The molecule has 21 heavy (non-hydrogen) atoms. The number of pyridine rings is 1. The van der Waals surface area contributed by atoms with Crippen molar-refractivity contribution in [3.05, 3.63) is 52.8 Å². The van der Waals surface area contributed by atoms with Gasteiger partial charge in [0.2, 0.25) is 0 Å². The molecule has 1 unspecified atom stereocenters. The fraction of sp³-hybridized carbons (Fsp3) is 0.312. The summed E-state index contributed by atoms with van der Waals surface area (Å²) in [7, 11) is 1.98. The minimum absolute atomic E-state index is 0.105. The first-order valence-corrected chi connectivity index (χ1v) is 7.81. The Kier molecular flexibility index (Phi) is 3.94. The maximum atomic E-state index is 4.31. The number of benzene rings is 1. The monoisotopic (exact) mass is 298 g/mol. The van der Waals surface area contributed by atoms with Crippen molar-refractivity contribution in [2.24, 2.45) is 0 Å². The zero-order chi connectivity index (χ0) is 14.8. The second-order valence-corrected chi connectivity index (χ2v) is 6.13. The first-order valence-electron chi connectivity index (χ1n) is 7.04. The summed E-state index contributed by atoms with van der Waals surface area (Å²) < 4.78 is 4.16. The molecule has 3 rings (SSSR count). The van der Waals surface area contributed by atoms with Crippen molar-refractivity contribution >= 4 is 22.3 Å². The molecule has 0 fully saturated rings. The molecule has 5 heteroatoms. The topological polar surface area (TPSA) is 50.7 Å². The molecule has 0 bridgehead atoms. The lowest BCUT2D eigenvalue weighted by molar-refractivity contribution is 0.683. The average Bonchev–Trinajstić information content (AvgIpc) is 2.98. The van der Waals surface area contributed by atoms with Crippen LogP contribution in [0.4, 0.5) is 0 Å². The average molecular weight is 298 g/mol. The second kappa shape index (κ2) is 5.87. The molecule has 0 aliphatic heterocycles. The molecule has 0 saturated carbocycles. The Hall–Kier alpha value is -1.85. The Morgan fingerprint density at radius 2 is 2.05 bits per heavy atom. The molecule has 0 amide bonds. The van der Waals surface area contributed by atoms with Crippen LogP contribution in [0.5, 0.6) is 0 Å². The van der Waals surface area contributed by atoms with Crippen LogP contribution in [-0.2, 0) is 0 Å².